The summed E-state index contributed by atoms with van der Waals surface area (Å²) in [6.45, 7) is 3.87. The molecule has 0 saturated carbocycles. The van der Waals surface area contributed by atoms with E-state index in [1.807, 2.05) is 18.2 Å². The van der Waals surface area contributed by atoms with Gasteiger partial charge in [-0.2, -0.15) is 0 Å². The van der Waals surface area contributed by atoms with Crippen molar-refractivity contribution in [2.24, 2.45) is 5.92 Å². The highest BCUT2D eigenvalue weighted by Gasteiger charge is 2.25. The number of methoxy groups -OCH3 is 1. The third-order valence-corrected chi connectivity index (χ3v) is 5.08. The Labute approximate surface area is 165 Å². The van der Waals surface area contributed by atoms with E-state index in [9.17, 15) is 9.59 Å². The van der Waals surface area contributed by atoms with E-state index in [0.717, 1.165) is 43.7 Å². The van der Waals surface area contributed by atoms with Crippen molar-refractivity contribution in [3.8, 4) is 11.5 Å². The summed E-state index contributed by atoms with van der Waals surface area (Å²) in [5, 5.41) is 5.91. The van der Waals surface area contributed by atoms with Gasteiger partial charge in [-0.1, -0.05) is 6.07 Å². The molecule has 8 nitrogen and oxygen atoms in total. The highest BCUT2D eigenvalue weighted by molar-refractivity contribution is 5.79. The number of rotatable bonds is 9. The van der Waals surface area contributed by atoms with Gasteiger partial charge < -0.3 is 24.8 Å². The molecule has 2 amide bonds. The predicted molar refractivity (Wildman–Crippen MR) is 103 cm³/mol. The first kappa shape index (κ1) is 20.4. The average molecular weight is 391 g/mol. The fraction of sp³-hybridized carbons (Fsp3) is 0.600. The third-order valence-electron chi connectivity index (χ3n) is 5.08. The van der Waals surface area contributed by atoms with Crippen molar-refractivity contribution in [3.63, 3.8) is 0 Å². The number of ether oxygens (including phenoxy) is 3. The van der Waals surface area contributed by atoms with Gasteiger partial charge in [-0.3, -0.25) is 14.5 Å². The van der Waals surface area contributed by atoms with Crippen LogP contribution in [0, 0.1) is 5.92 Å². The fourth-order valence-electron chi connectivity index (χ4n) is 3.44. The van der Waals surface area contributed by atoms with Crippen LogP contribution >= 0.6 is 0 Å². The molecule has 0 aliphatic carbocycles. The molecule has 2 heterocycles. The van der Waals surface area contributed by atoms with Crippen LogP contribution in [0.25, 0.3) is 0 Å². The summed E-state index contributed by atoms with van der Waals surface area (Å²) >= 11 is 0. The standard InChI is InChI=1S/C20H29N3O5/c1-26-10-2-7-21-20(25)16-5-8-23(9-6-16)13-19(24)22-12-15-3-4-17-18(11-15)28-14-27-17/h3-4,11,16H,2,5-10,12-14H2,1H3,(H,21,25)(H,22,24). The molecule has 28 heavy (non-hydrogen) atoms. The number of piperidine rings is 1. The van der Waals surface area contributed by atoms with Gasteiger partial charge in [-0.05, 0) is 50.0 Å². The molecule has 1 aromatic rings. The summed E-state index contributed by atoms with van der Waals surface area (Å²) in [7, 11) is 1.66. The summed E-state index contributed by atoms with van der Waals surface area (Å²) in [4.78, 5) is 26.5. The van der Waals surface area contributed by atoms with Crippen molar-refractivity contribution in [1.82, 2.24) is 15.5 Å². The van der Waals surface area contributed by atoms with Gasteiger partial charge in [0, 0.05) is 32.7 Å². The molecule has 3 rings (SSSR count). The molecule has 0 aromatic heterocycles. The van der Waals surface area contributed by atoms with Gasteiger partial charge in [0.05, 0.1) is 6.54 Å². The van der Waals surface area contributed by atoms with E-state index in [-0.39, 0.29) is 24.5 Å². The molecule has 8 heteroatoms. The van der Waals surface area contributed by atoms with Gasteiger partial charge in [-0.15, -0.1) is 0 Å². The molecule has 1 fully saturated rings. The lowest BCUT2D eigenvalue weighted by Crippen LogP contribution is -2.44. The number of benzene rings is 1. The van der Waals surface area contributed by atoms with Crippen LogP contribution < -0.4 is 20.1 Å². The normalized spacial score (nSPS) is 16.8. The first-order valence-corrected chi connectivity index (χ1v) is 9.80. The molecule has 0 radical (unpaired) electrons. The van der Waals surface area contributed by atoms with Gasteiger partial charge in [0.15, 0.2) is 11.5 Å². The first-order valence-electron chi connectivity index (χ1n) is 9.80. The number of amides is 2. The molecule has 1 aromatic carbocycles. The number of hydrogen-bond acceptors (Lipinski definition) is 6. The van der Waals surface area contributed by atoms with Crippen LogP contribution in [0.15, 0.2) is 18.2 Å². The van der Waals surface area contributed by atoms with Gasteiger partial charge in [0.25, 0.3) is 0 Å². The summed E-state index contributed by atoms with van der Waals surface area (Å²) < 4.78 is 15.6. The summed E-state index contributed by atoms with van der Waals surface area (Å²) in [5.41, 5.74) is 0.974. The molecule has 154 valence electrons. The number of hydrogen-bond donors (Lipinski definition) is 2. The third kappa shape index (κ3) is 5.84. The van der Waals surface area contributed by atoms with Crippen molar-refractivity contribution in [2.75, 3.05) is 46.7 Å². The second kappa shape index (κ2) is 10.3. The van der Waals surface area contributed by atoms with E-state index < -0.39 is 0 Å². The maximum absolute atomic E-state index is 12.2. The molecule has 2 aliphatic heterocycles. The van der Waals surface area contributed by atoms with Crippen LogP contribution in [0.2, 0.25) is 0 Å². The number of carbonyl (C=O) groups excluding carboxylic acids is 2. The topological polar surface area (TPSA) is 89.1 Å². The molecule has 0 spiro atoms. The Bertz CT molecular complexity index is 674. The SMILES string of the molecule is COCCCNC(=O)C1CCN(CC(=O)NCc2ccc3c(c2)OCO3)CC1. The molecular formula is C20H29N3O5. The Morgan fingerprint density at radius 2 is 1.96 bits per heavy atom. The average Bonchev–Trinajstić information content (AvgIpc) is 3.18. The molecule has 0 atom stereocenters. The van der Waals surface area contributed by atoms with Gasteiger partial charge in [0.1, 0.15) is 0 Å². The van der Waals surface area contributed by atoms with Crippen molar-refractivity contribution >= 4 is 11.8 Å². The van der Waals surface area contributed by atoms with E-state index in [0.29, 0.717) is 32.0 Å². The largest absolute Gasteiger partial charge is 0.454 e. The molecule has 2 aliphatic rings. The van der Waals surface area contributed by atoms with Crippen LogP contribution in [-0.2, 0) is 20.9 Å². The number of likely N-dealkylation sites (tertiary alicyclic amines) is 1. The van der Waals surface area contributed by atoms with Crippen molar-refractivity contribution in [3.05, 3.63) is 23.8 Å². The minimum atomic E-state index is -0.0138. The fourth-order valence-corrected chi connectivity index (χ4v) is 3.44. The second-order valence-corrected chi connectivity index (χ2v) is 7.15. The second-order valence-electron chi connectivity index (χ2n) is 7.15. The molecule has 0 unspecified atom stereocenters. The van der Waals surface area contributed by atoms with Crippen LogP contribution in [0.4, 0.5) is 0 Å². The molecular weight excluding hydrogens is 362 g/mol. The quantitative estimate of drug-likeness (QED) is 0.608. The van der Waals surface area contributed by atoms with Crippen LogP contribution in [0.3, 0.4) is 0 Å². The number of nitrogens with one attached hydrogen (secondary N) is 2. The van der Waals surface area contributed by atoms with Crippen molar-refractivity contribution in [2.45, 2.75) is 25.8 Å². The molecule has 2 N–H and O–H groups in total. The van der Waals surface area contributed by atoms with Crippen molar-refractivity contribution < 1.29 is 23.8 Å². The Balaban J connectivity index is 1.33. The Morgan fingerprint density at radius 3 is 2.75 bits per heavy atom. The van der Waals surface area contributed by atoms with E-state index >= 15 is 0 Å². The van der Waals surface area contributed by atoms with Gasteiger partial charge >= 0.3 is 0 Å². The van der Waals surface area contributed by atoms with Gasteiger partial charge in [-0.25, -0.2) is 0 Å². The maximum atomic E-state index is 12.2. The lowest BCUT2D eigenvalue weighted by molar-refractivity contribution is -0.126. The molecule has 1 saturated heterocycles. The minimum Gasteiger partial charge on any atom is -0.454 e. The first-order chi connectivity index (χ1) is 13.7. The highest BCUT2D eigenvalue weighted by Crippen LogP contribution is 2.32. The summed E-state index contributed by atoms with van der Waals surface area (Å²) in [6, 6.07) is 5.67. The number of fused-ring (bicyclic) bond motifs is 1. The zero-order valence-corrected chi connectivity index (χ0v) is 16.4. The Hall–Kier alpha value is -2.32. The summed E-state index contributed by atoms with van der Waals surface area (Å²) in [6.07, 6.45) is 2.39. The van der Waals surface area contributed by atoms with E-state index in [2.05, 4.69) is 15.5 Å². The van der Waals surface area contributed by atoms with Crippen LogP contribution in [0.1, 0.15) is 24.8 Å². The van der Waals surface area contributed by atoms with Crippen LogP contribution in [0.5, 0.6) is 11.5 Å². The maximum Gasteiger partial charge on any atom is 0.234 e. The van der Waals surface area contributed by atoms with Gasteiger partial charge in [0.2, 0.25) is 18.6 Å². The lowest BCUT2D eigenvalue weighted by atomic mass is 9.96. The predicted octanol–water partition coefficient (Wildman–Crippen LogP) is 0.896. The smallest absolute Gasteiger partial charge is 0.234 e. The summed E-state index contributed by atoms with van der Waals surface area (Å²) in [5.74, 6) is 1.59. The zero-order valence-electron chi connectivity index (χ0n) is 16.4. The van der Waals surface area contributed by atoms with E-state index in [4.69, 9.17) is 14.2 Å². The Morgan fingerprint density at radius 1 is 1.18 bits per heavy atom. The van der Waals surface area contributed by atoms with E-state index in [1.54, 1.807) is 7.11 Å². The highest BCUT2D eigenvalue weighted by atomic mass is 16.7. The van der Waals surface area contributed by atoms with Crippen molar-refractivity contribution in [1.29, 1.82) is 0 Å². The molecule has 0 bridgehead atoms. The zero-order chi connectivity index (χ0) is 19.8. The van der Waals surface area contributed by atoms with E-state index in [1.165, 1.54) is 0 Å². The van der Waals surface area contributed by atoms with Crippen LogP contribution in [-0.4, -0.2) is 63.4 Å². The number of carbonyl (C=O) groups is 2. The Kier molecular flexibility index (Phi) is 7.50. The monoisotopic (exact) mass is 391 g/mol. The minimum absolute atomic E-state index is 0.0138. The lowest BCUT2D eigenvalue weighted by Gasteiger charge is -2.30. The number of nitrogens with zero attached hydrogens (tertiary/aromatic N) is 1.